The van der Waals surface area contributed by atoms with Gasteiger partial charge in [-0.25, -0.2) is 0 Å². The van der Waals surface area contributed by atoms with Crippen molar-refractivity contribution >= 4 is 33.0 Å². The van der Waals surface area contributed by atoms with E-state index in [4.69, 9.17) is 10.5 Å². The van der Waals surface area contributed by atoms with Gasteiger partial charge in [-0.3, -0.25) is 0 Å². The fraction of sp³-hybridized carbons (Fsp3) is 0.143. The highest BCUT2D eigenvalue weighted by Crippen LogP contribution is 2.35. The number of anilines is 3. The molecule has 21 heavy (non-hydrogen) atoms. The van der Waals surface area contributed by atoms with Crippen LogP contribution in [0, 0.1) is 0 Å². The molecule has 112 valence electrons. The standard InChI is InChI=1S/C14H12BrF3N2O/c1-21-9-3-4-10(15)13(7-9)20-12-5-2-8(6-11(12)19)14(16,17)18/h2-7,20H,19H2,1H3. The number of nitrogen functional groups attached to an aromatic ring is 1. The Morgan fingerprint density at radius 3 is 2.38 bits per heavy atom. The second kappa shape index (κ2) is 5.85. The smallest absolute Gasteiger partial charge is 0.416 e. The van der Waals surface area contributed by atoms with Crippen LogP contribution in [0.1, 0.15) is 5.56 Å². The lowest BCUT2D eigenvalue weighted by Gasteiger charge is -2.14. The predicted octanol–water partition coefficient (Wildman–Crippen LogP) is 4.80. The van der Waals surface area contributed by atoms with Crippen LogP contribution in [0.25, 0.3) is 0 Å². The molecule has 0 saturated heterocycles. The first-order valence-corrected chi connectivity index (χ1v) is 6.68. The summed E-state index contributed by atoms with van der Waals surface area (Å²) in [7, 11) is 1.53. The van der Waals surface area contributed by atoms with Crippen LogP contribution in [0.2, 0.25) is 0 Å². The normalized spacial score (nSPS) is 11.3. The van der Waals surface area contributed by atoms with Crippen molar-refractivity contribution in [2.24, 2.45) is 0 Å². The van der Waals surface area contributed by atoms with Crippen molar-refractivity contribution in [1.29, 1.82) is 0 Å². The lowest BCUT2D eigenvalue weighted by Crippen LogP contribution is -2.06. The summed E-state index contributed by atoms with van der Waals surface area (Å²) in [5.74, 6) is 0.617. The predicted molar refractivity (Wildman–Crippen MR) is 79.8 cm³/mol. The first-order chi connectivity index (χ1) is 9.81. The Hall–Kier alpha value is -1.89. The summed E-state index contributed by atoms with van der Waals surface area (Å²) in [6.45, 7) is 0. The van der Waals surface area contributed by atoms with Gasteiger partial charge in [0.25, 0.3) is 0 Å². The molecule has 0 aliphatic rings. The van der Waals surface area contributed by atoms with Crippen LogP contribution in [-0.4, -0.2) is 7.11 Å². The third-order valence-electron chi connectivity index (χ3n) is 2.82. The molecule has 0 aliphatic heterocycles. The lowest BCUT2D eigenvalue weighted by atomic mass is 10.1. The van der Waals surface area contributed by atoms with Crippen molar-refractivity contribution in [2.45, 2.75) is 6.18 Å². The van der Waals surface area contributed by atoms with Gasteiger partial charge in [0.2, 0.25) is 0 Å². The molecule has 0 heterocycles. The Bertz CT molecular complexity index is 659. The molecule has 0 aliphatic carbocycles. The van der Waals surface area contributed by atoms with Gasteiger partial charge in [0, 0.05) is 10.5 Å². The van der Waals surface area contributed by atoms with Crippen LogP contribution < -0.4 is 15.8 Å². The van der Waals surface area contributed by atoms with Crippen LogP contribution in [0.3, 0.4) is 0 Å². The van der Waals surface area contributed by atoms with Crippen molar-refractivity contribution < 1.29 is 17.9 Å². The molecule has 0 bridgehead atoms. The van der Waals surface area contributed by atoms with E-state index in [0.29, 0.717) is 17.1 Å². The number of halogens is 4. The second-order valence-corrected chi connectivity index (χ2v) is 5.12. The number of nitrogens with two attached hydrogens (primary N) is 1. The molecule has 3 nitrogen and oxygen atoms in total. The molecule has 0 radical (unpaired) electrons. The van der Waals surface area contributed by atoms with E-state index in [0.717, 1.165) is 16.6 Å². The summed E-state index contributed by atoms with van der Waals surface area (Å²) in [5, 5.41) is 2.97. The quantitative estimate of drug-likeness (QED) is 0.772. The topological polar surface area (TPSA) is 47.3 Å². The highest BCUT2D eigenvalue weighted by atomic mass is 79.9. The minimum absolute atomic E-state index is 0.0135. The number of rotatable bonds is 3. The average molecular weight is 361 g/mol. The highest BCUT2D eigenvalue weighted by molar-refractivity contribution is 9.10. The van der Waals surface area contributed by atoms with Crippen LogP contribution in [-0.2, 0) is 6.18 Å². The van der Waals surface area contributed by atoms with Gasteiger partial charge in [0.1, 0.15) is 5.75 Å². The third-order valence-corrected chi connectivity index (χ3v) is 3.51. The number of alkyl halides is 3. The Morgan fingerprint density at radius 1 is 1.10 bits per heavy atom. The summed E-state index contributed by atoms with van der Waals surface area (Å²) >= 11 is 3.35. The van der Waals surface area contributed by atoms with E-state index >= 15 is 0 Å². The van der Waals surface area contributed by atoms with E-state index in [9.17, 15) is 13.2 Å². The van der Waals surface area contributed by atoms with Gasteiger partial charge < -0.3 is 15.8 Å². The van der Waals surface area contributed by atoms with E-state index in [2.05, 4.69) is 21.2 Å². The number of benzene rings is 2. The summed E-state index contributed by atoms with van der Waals surface area (Å²) in [5.41, 5.74) is 5.93. The van der Waals surface area contributed by atoms with Gasteiger partial charge in [-0.05, 0) is 46.3 Å². The maximum absolute atomic E-state index is 12.6. The number of nitrogens with one attached hydrogen (secondary N) is 1. The van der Waals surface area contributed by atoms with Gasteiger partial charge in [-0.2, -0.15) is 13.2 Å². The number of hydrogen-bond donors (Lipinski definition) is 2. The Balaban J connectivity index is 2.32. The number of ether oxygens (including phenoxy) is 1. The van der Waals surface area contributed by atoms with Crippen molar-refractivity contribution in [1.82, 2.24) is 0 Å². The van der Waals surface area contributed by atoms with Crippen LogP contribution in [0.5, 0.6) is 5.75 Å². The van der Waals surface area contributed by atoms with Gasteiger partial charge in [-0.15, -0.1) is 0 Å². The minimum atomic E-state index is -4.41. The van der Waals surface area contributed by atoms with Crippen LogP contribution in [0.4, 0.5) is 30.2 Å². The monoisotopic (exact) mass is 360 g/mol. The maximum atomic E-state index is 12.6. The molecule has 0 fully saturated rings. The molecule has 3 N–H and O–H groups in total. The van der Waals surface area contributed by atoms with Gasteiger partial charge in [-0.1, -0.05) is 0 Å². The van der Waals surface area contributed by atoms with Crippen LogP contribution >= 0.6 is 15.9 Å². The molecule has 0 spiro atoms. The minimum Gasteiger partial charge on any atom is -0.497 e. The largest absolute Gasteiger partial charge is 0.497 e. The van der Waals surface area contributed by atoms with E-state index in [-0.39, 0.29) is 5.69 Å². The van der Waals surface area contributed by atoms with Crippen molar-refractivity contribution in [2.75, 3.05) is 18.2 Å². The van der Waals surface area contributed by atoms with Gasteiger partial charge in [0.05, 0.1) is 29.7 Å². The van der Waals surface area contributed by atoms with E-state index < -0.39 is 11.7 Å². The fourth-order valence-corrected chi connectivity index (χ4v) is 2.07. The second-order valence-electron chi connectivity index (χ2n) is 4.27. The molecule has 2 aromatic carbocycles. The van der Waals surface area contributed by atoms with Crippen LogP contribution in [0.15, 0.2) is 40.9 Å². The van der Waals surface area contributed by atoms with E-state index in [1.807, 2.05) is 0 Å². The summed E-state index contributed by atoms with van der Waals surface area (Å²) in [6.07, 6.45) is -4.41. The first-order valence-electron chi connectivity index (χ1n) is 5.88. The van der Waals surface area contributed by atoms with Gasteiger partial charge >= 0.3 is 6.18 Å². The van der Waals surface area contributed by atoms with E-state index in [1.165, 1.54) is 13.2 Å². The summed E-state index contributed by atoms with van der Waals surface area (Å²) in [4.78, 5) is 0. The zero-order valence-corrected chi connectivity index (χ0v) is 12.5. The molecule has 0 atom stereocenters. The average Bonchev–Trinajstić information content (AvgIpc) is 2.42. The maximum Gasteiger partial charge on any atom is 0.416 e. The highest BCUT2D eigenvalue weighted by Gasteiger charge is 2.30. The molecule has 0 aromatic heterocycles. The molecule has 0 saturated carbocycles. The molecular weight excluding hydrogens is 349 g/mol. The first kappa shape index (κ1) is 15.5. The SMILES string of the molecule is COc1ccc(Br)c(Nc2ccc(C(F)(F)F)cc2N)c1. The fourth-order valence-electron chi connectivity index (χ4n) is 1.73. The molecule has 7 heteroatoms. The number of methoxy groups -OCH3 is 1. The molecule has 0 amide bonds. The zero-order valence-electron chi connectivity index (χ0n) is 11.0. The molecule has 2 rings (SSSR count). The van der Waals surface area contributed by atoms with Crippen molar-refractivity contribution in [3.63, 3.8) is 0 Å². The Morgan fingerprint density at radius 2 is 1.81 bits per heavy atom. The summed E-state index contributed by atoms with van der Waals surface area (Å²) < 4.78 is 43.6. The molecule has 2 aromatic rings. The molecular formula is C14H12BrF3N2O. The number of hydrogen-bond acceptors (Lipinski definition) is 3. The molecule has 0 unspecified atom stereocenters. The Kier molecular flexibility index (Phi) is 4.32. The van der Waals surface area contributed by atoms with Crippen molar-refractivity contribution in [3.8, 4) is 5.75 Å². The van der Waals surface area contributed by atoms with Gasteiger partial charge in [0.15, 0.2) is 0 Å². The Labute approximate surface area is 128 Å². The van der Waals surface area contributed by atoms with Crippen molar-refractivity contribution in [3.05, 3.63) is 46.4 Å². The lowest BCUT2D eigenvalue weighted by molar-refractivity contribution is -0.137. The van der Waals surface area contributed by atoms with E-state index in [1.54, 1.807) is 18.2 Å². The summed E-state index contributed by atoms with van der Waals surface area (Å²) in [6, 6.07) is 8.40. The third kappa shape index (κ3) is 3.60. The zero-order chi connectivity index (χ0) is 15.6.